The molecule has 8 heteroatoms. The number of rotatable bonds is 5. The third-order valence-corrected chi connectivity index (χ3v) is 5.15. The van der Waals surface area contributed by atoms with Crippen molar-refractivity contribution in [2.24, 2.45) is 5.92 Å². The first kappa shape index (κ1) is 21.7. The summed E-state index contributed by atoms with van der Waals surface area (Å²) in [5.74, 6) is -1.13. The number of hydrogen-bond donors (Lipinski definition) is 2. The van der Waals surface area contributed by atoms with Gasteiger partial charge in [-0.15, -0.1) is 0 Å². The fraction of sp³-hybridized carbons (Fsp3) is 0.364. The summed E-state index contributed by atoms with van der Waals surface area (Å²) in [7, 11) is 0. The molecule has 1 fully saturated rings. The van der Waals surface area contributed by atoms with Crippen LogP contribution < -0.4 is 10.6 Å². The molecule has 3 amide bonds. The molecule has 2 N–H and O–H groups in total. The number of piperidine rings is 1. The van der Waals surface area contributed by atoms with Crippen LogP contribution in [0.5, 0.6) is 0 Å². The fourth-order valence-corrected chi connectivity index (χ4v) is 3.54. The van der Waals surface area contributed by atoms with Gasteiger partial charge in [-0.25, -0.2) is 4.79 Å². The molecule has 2 aromatic rings. The molecule has 0 radical (unpaired) electrons. The van der Waals surface area contributed by atoms with Crippen molar-refractivity contribution in [1.29, 1.82) is 0 Å². The molecule has 5 nitrogen and oxygen atoms in total. The van der Waals surface area contributed by atoms with E-state index in [1.54, 1.807) is 4.90 Å². The highest BCUT2D eigenvalue weighted by molar-refractivity contribution is 5.80. The molecule has 0 aromatic heterocycles. The lowest BCUT2D eigenvalue weighted by Crippen LogP contribution is -2.48. The van der Waals surface area contributed by atoms with E-state index in [1.165, 1.54) is 0 Å². The minimum absolute atomic E-state index is 0.262. The van der Waals surface area contributed by atoms with Crippen molar-refractivity contribution in [3.63, 3.8) is 0 Å². The van der Waals surface area contributed by atoms with Gasteiger partial charge in [0.1, 0.15) is 6.54 Å². The van der Waals surface area contributed by atoms with E-state index in [0.717, 1.165) is 11.1 Å². The van der Waals surface area contributed by atoms with E-state index >= 15 is 0 Å². The van der Waals surface area contributed by atoms with Gasteiger partial charge in [-0.05, 0) is 24.0 Å². The molecule has 0 unspecified atom stereocenters. The standard InChI is InChI=1S/C22H24F3N3O2/c23-22(24,25)15-26-20(29)18-11-13-28(14-12-18)21(30)27-19(16-7-3-1-4-8-16)17-9-5-2-6-10-17/h1-10,18-19H,11-15H2,(H,26,29)(H,27,30). The highest BCUT2D eigenvalue weighted by Gasteiger charge is 2.32. The minimum Gasteiger partial charge on any atom is -0.347 e. The number of nitrogens with one attached hydrogen (secondary N) is 2. The second-order valence-corrected chi connectivity index (χ2v) is 7.30. The lowest BCUT2D eigenvalue weighted by Gasteiger charge is -2.33. The van der Waals surface area contributed by atoms with E-state index in [9.17, 15) is 22.8 Å². The molecule has 3 rings (SSSR count). The molecule has 30 heavy (non-hydrogen) atoms. The zero-order chi connectivity index (χ0) is 21.6. The number of urea groups is 1. The molecule has 0 aliphatic carbocycles. The third-order valence-electron chi connectivity index (χ3n) is 5.15. The number of nitrogens with zero attached hydrogens (tertiary/aromatic N) is 1. The number of benzene rings is 2. The Morgan fingerprint density at radius 2 is 1.43 bits per heavy atom. The Labute approximate surface area is 173 Å². The smallest absolute Gasteiger partial charge is 0.347 e. The Morgan fingerprint density at radius 3 is 1.90 bits per heavy atom. The SMILES string of the molecule is O=C(NCC(F)(F)F)C1CCN(C(=O)NC(c2ccccc2)c2ccccc2)CC1. The summed E-state index contributed by atoms with van der Waals surface area (Å²) < 4.78 is 36.8. The van der Waals surface area contributed by atoms with Crippen molar-refractivity contribution in [2.75, 3.05) is 19.6 Å². The molecule has 0 atom stereocenters. The second kappa shape index (κ2) is 9.65. The van der Waals surface area contributed by atoms with Gasteiger partial charge in [0, 0.05) is 19.0 Å². The normalized spacial score (nSPS) is 15.1. The average molecular weight is 419 g/mol. The molecule has 160 valence electrons. The number of carbonyl (C=O) groups is 2. The van der Waals surface area contributed by atoms with Gasteiger partial charge in [-0.3, -0.25) is 4.79 Å². The lowest BCUT2D eigenvalue weighted by atomic mass is 9.96. The Morgan fingerprint density at radius 1 is 0.933 bits per heavy atom. The van der Waals surface area contributed by atoms with Crippen LogP contribution in [0.2, 0.25) is 0 Å². The molecule has 2 aromatic carbocycles. The van der Waals surface area contributed by atoms with Crippen LogP contribution in [0.1, 0.15) is 30.0 Å². The largest absolute Gasteiger partial charge is 0.405 e. The summed E-state index contributed by atoms with van der Waals surface area (Å²) in [5.41, 5.74) is 1.89. The van der Waals surface area contributed by atoms with Gasteiger partial charge < -0.3 is 15.5 Å². The van der Waals surface area contributed by atoms with Crippen LogP contribution in [0.15, 0.2) is 60.7 Å². The summed E-state index contributed by atoms with van der Waals surface area (Å²) in [5, 5.41) is 4.97. The summed E-state index contributed by atoms with van der Waals surface area (Å²) in [6, 6.07) is 18.6. The first-order valence-electron chi connectivity index (χ1n) is 9.83. The zero-order valence-corrected chi connectivity index (χ0v) is 16.4. The van der Waals surface area contributed by atoms with E-state index in [-0.39, 0.29) is 12.1 Å². The topological polar surface area (TPSA) is 61.4 Å². The summed E-state index contributed by atoms with van der Waals surface area (Å²) in [4.78, 5) is 26.4. The van der Waals surface area contributed by atoms with Gasteiger partial charge in [-0.2, -0.15) is 13.2 Å². The minimum atomic E-state index is -4.43. The molecule has 1 saturated heterocycles. The first-order chi connectivity index (χ1) is 14.3. The van der Waals surface area contributed by atoms with Crippen LogP contribution in [0.4, 0.5) is 18.0 Å². The molecular weight excluding hydrogens is 395 g/mol. The molecule has 1 aliphatic heterocycles. The van der Waals surface area contributed by atoms with Crippen molar-refractivity contribution < 1.29 is 22.8 Å². The van der Waals surface area contributed by atoms with Crippen molar-refractivity contribution in [3.05, 3.63) is 71.8 Å². The maximum Gasteiger partial charge on any atom is 0.405 e. The summed E-state index contributed by atoms with van der Waals surface area (Å²) >= 11 is 0. The van der Waals surface area contributed by atoms with E-state index in [0.29, 0.717) is 25.9 Å². The lowest BCUT2D eigenvalue weighted by molar-refractivity contribution is -0.141. The first-order valence-corrected chi connectivity index (χ1v) is 9.83. The Bertz CT molecular complexity index is 796. The van der Waals surface area contributed by atoms with Crippen LogP contribution in [-0.4, -0.2) is 42.6 Å². The molecule has 0 bridgehead atoms. The molecule has 1 aliphatic rings. The predicted molar refractivity (Wildman–Crippen MR) is 107 cm³/mol. The number of alkyl halides is 3. The average Bonchev–Trinajstić information content (AvgIpc) is 2.76. The van der Waals surface area contributed by atoms with Crippen LogP contribution in [0.3, 0.4) is 0 Å². The van der Waals surface area contributed by atoms with Gasteiger partial charge in [0.05, 0.1) is 6.04 Å². The van der Waals surface area contributed by atoms with Crippen LogP contribution in [0, 0.1) is 5.92 Å². The quantitative estimate of drug-likeness (QED) is 0.773. The van der Waals surface area contributed by atoms with E-state index < -0.39 is 24.5 Å². The molecule has 0 saturated carbocycles. The van der Waals surface area contributed by atoms with E-state index in [4.69, 9.17) is 0 Å². The zero-order valence-electron chi connectivity index (χ0n) is 16.4. The second-order valence-electron chi connectivity index (χ2n) is 7.30. The van der Waals surface area contributed by atoms with Gasteiger partial charge >= 0.3 is 12.2 Å². The number of halogens is 3. The number of carbonyl (C=O) groups excluding carboxylic acids is 2. The highest BCUT2D eigenvalue weighted by Crippen LogP contribution is 2.24. The van der Waals surface area contributed by atoms with Crippen LogP contribution in [-0.2, 0) is 4.79 Å². The third kappa shape index (κ3) is 5.98. The number of hydrogen-bond acceptors (Lipinski definition) is 2. The van der Waals surface area contributed by atoms with Gasteiger partial charge in [0.15, 0.2) is 0 Å². The van der Waals surface area contributed by atoms with Gasteiger partial charge in [-0.1, -0.05) is 60.7 Å². The maximum atomic E-state index is 12.9. The van der Waals surface area contributed by atoms with Crippen molar-refractivity contribution >= 4 is 11.9 Å². The van der Waals surface area contributed by atoms with Crippen LogP contribution in [0.25, 0.3) is 0 Å². The van der Waals surface area contributed by atoms with Crippen molar-refractivity contribution in [2.45, 2.75) is 25.1 Å². The predicted octanol–water partition coefficient (Wildman–Crippen LogP) is 3.88. The van der Waals surface area contributed by atoms with Crippen molar-refractivity contribution in [1.82, 2.24) is 15.5 Å². The van der Waals surface area contributed by atoms with E-state index in [2.05, 4.69) is 5.32 Å². The monoisotopic (exact) mass is 419 g/mol. The molecule has 0 spiro atoms. The van der Waals surface area contributed by atoms with Gasteiger partial charge in [0.25, 0.3) is 0 Å². The Kier molecular flexibility index (Phi) is 6.97. The summed E-state index contributed by atoms with van der Waals surface area (Å²) in [6.07, 6.45) is -3.77. The highest BCUT2D eigenvalue weighted by atomic mass is 19.4. The number of amides is 3. The molecule has 1 heterocycles. The van der Waals surface area contributed by atoms with E-state index in [1.807, 2.05) is 66.0 Å². The fourth-order valence-electron chi connectivity index (χ4n) is 3.54. The van der Waals surface area contributed by atoms with Gasteiger partial charge in [0.2, 0.25) is 5.91 Å². The Hall–Kier alpha value is -3.03. The van der Waals surface area contributed by atoms with Crippen molar-refractivity contribution in [3.8, 4) is 0 Å². The maximum absolute atomic E-state index is 12.9. The van der Waals surface area contributed by atoms with Crippen LogP contribution >= 0.6 is 0 Å². The molecular formula is C22H24F3N3O2. The Balaban J connectivity index is 1.59. The summed E-state index contributed by atoms with van der Waals surface area (Å²) in [6.45, 7) is -0.708. The number of likely N-dealkylation sites (tertiary alicyclic amines) is 1.